The maximum absolute atomic E-state index is 5.99. The minimum Gasteiger partial charge on any atom is -0.143 e. The molecule has 68 valence electrons. The van der Waals surface area contributed by atoms with Crippen LogP contribution in [0.25, 0.3) is 10.1 Å². The van der Waals surface area contributed by atoms with Gasteiger partial charge >= 0.3 is 0 Å². The van der Waals surface area contributed by atoms with Crippen molar-refractivity contribution in [3.8, 4) is 0 Å². The van der Waals surface area contributed by atoms with E-state index in [4.69, 9.17) is 11.6 Å². The fourth-order valence-electron chi connectivity index (χ4n) is 1.17. The molecule has 2 rings (SSSR count). The van der Waals surface area contributed by atoms with Gasteiger partial charge in [-0.25, -0.2) is 0 Å². The second kappa shape index (κ2) is 3.73. The number of thiol groups is 1. The van der Waals surface area contributed by atoms with Gasteiger partial charge in [-0.1, -0.05) is 11.6 Å². The molecule has 1 aromatic carbocycles. The van der Waals surface area contributed by atoms with Gasteiger partial charge in [0.1, 0.15) is 0 Å². The Hall–Kier alpha value is 0.170. The summed E-state index contributed by atoms with van der Waals surface area (Å²) in [5.74, 6) is 0. The van der Waals surface area contributed by atoms with Gasteiger partial charge in [0.2, 0.25) is 0 Å². The Bertz CT molecular complexity index is 447. The lowest BCUT2D eigenvalue weighted by atomic mass is 10.3. The van der Waals surface area contributed by atoms with Gasteiger partial charge in [-0.05, 0) is 18.4 Å². The number of thioether (sulfide) groups is 1. The summed E-state index contributed by atoms with van der Waals surface area (Å²) in [6, 6.07) is 4.01. The third-order valence-electron chi connectivity index (χ3n) is 1.83. The van der Waals surface area contributed by atoms with Crippen LogP contribution in [-0.4, -0.2) is 6.26 Å². The first-order valence-electron chi connectivity index (χ1n) is 3.66. The van der Waals surface area contributed by atoms with E-state index in [9.17, 15) is 0 Å². The molecule has 2 aromatic rings. The van der Waals surface area contributed by atoms with Crippen molar-refractivity contribution in [2.24, 2.45) is 0 Å². The first-order chi connectivity index (χ1) is 6.22. The maximum atomic E-state index is 5.99. The van der Waals surface area contributed by atoms with Crippen LogP contribution in [0.1, 0.15) is 0 Å². The lowest BCUT2D eigenvalue weighted by Crippen LogP contribution is -1.71. The predicted octanol–water partition coefficient (Wildman–Crippen LogP) is 4.57. The van der Waals surface area contributed by atoms with E-state index < -0.39 is 0 Å². The van der Waals surface area contributed by atoms with E-state index in [0.29, 0.717) is 0 Å². The van der Waals surface area contributed by atoms with E-state index in [2.05, 4.69) is 24.3 Å². The van der Waals surface area contributed by atoms with Crippen LogP contribution in [0.3, 0.4) is 0 Å². The molecule has 0 radical (unpaired) electrons. The molecule has 0 unspecified atom stereocenters. The smallest absolute Gasteiger partial charge is 0.0546 e. The summed E-state index contributed by atoms with van der Waals surface area (Å²) in [5, 5.41) is 4.11. The van der Waals surface area contributed by atoms with Crippen molar-refractivity contribution in [2.75, 3.05) is 6.26 Å². The van der Waals surface area contributed by atoms with E-state index in [1.807, 2.05) is 12.1 Å². The minimum absolute atomic E-state index is 0.726. The molecular formula is C9H7ClS3. The molecule has 0 aliphatic carbocycles. The Balaban J connectivity index is 2.77. The zero-order valence-corrected chi connectivity index (χ0v) is 10.2. The fraction of sp³-hybridized carbons (Fsp3) is 0.111. The van der Waals surface area contributed by atoms with Gasteiger partial charge in [-0.2, -0.15) is 0 Å². The second-order valence-corrected chi connectivity index (χ2v) is 5.25. The van der Waals surface area contributed by atoms with E-state index in [0.717, 1.165) is 9.92 Å². The largest absolute Gasteiger partial charge is 0.143 e. The lowest BCUT2D eigenvalue weighted by molar-refractivity contribution is 1.52. The summed E-state index contributed by atoms with van der Waals surface area (Å²) in [4.78, 5) is 2.14. The van der Waals surface area contributed by atoms with E-state index in [1.54, 1.807) is 23.1 Å². The van der Waals surface area contributed by atoms with Crippen LogP contribution in [0.4, 0.5) is 0 Å². The summed E-state index contributed by atoms with van der Waals surface area (Å²) in [7, 11) is 0. The van der Waals surface area contributed by atoms with Gasteiger partial charge in [-0.15, -0.1) is 35.7 Å². The zero-order chi connectivity index (χ0) is 9.42. The Kier molecular flexibility index (Phi) is 2.79. The molecule has 13 heavy (non-hydrogen) atoms. The Labute approximate surface area is 95.7 Å². The summed E-state index contributed by atoms with van der Waals surface area (Å²) < 4.78 is 1.25. The zero-order valence-electron chi connectivity index (χ0n) is 6.87. The molecule has 0 aliphatic rings. The second-order valence-electron chi connectivity index (χ2n) is 2.60. The van der Waals surface area contributed by atoms with Crippen LogP contribution in [0.15, 0.2) is 27.3 Å². The molecule has 0 saturated carbocycles. The van der Waals surface area contributed by atoms with Gasteiger partial charge < -0.3 is 0 Å². The first kappa shape index (κ1) is 9.71. The van der Waals surface area contributed by atoms with E-state index in [1.165, 1.54) is 15.0 Å². The fourth-order valence-corrected chi connectivity index (χ4v) is 3.44. The molecule has 0 nitrogen and oxygen atoms in total. The van der Waals surface area contributed by atoms with Gasteiger partial charge in [0, 0.05) is 25.3 Å². The quantitative estimate of drug-likeness (QED) is 0.568. The maximum Gasteiger partial charge on any atom is 0.0546 e. The summed E-state index contributed by atoms with van der Waals surface area (Å²) in [5.41, 5.74) is 0. The van der Waals surface area contributed by atoms with Gasteiger partial charge in [0.15, 0.2) is 0 Å². The molecule has 0 aliphatic heterocycles. The Morgan fingerprint density at radius 3 is 2.92 bits per heavy atom. The standard InChI is InChI=1S/C9H7ClS3/c1-12-9-4-13-8-3-7(11)6(10)2-5(8)9/h2-4,11H,1H3. The highest BCUT2D eigenvalue weighted by atomic mass is 35.5. The van der Waals surface area contributed by atoms with Gasteiger partial charge in [0.25, 0.3) is 0 Å². The third-order valence-corrected chi connectivity index (χ3v) is 4.51. The van der Waals surface area contributed by atoms with Crippen molar-refractivity contribution in [3.05, 3.63) is 22.5 Å². The van der Waals surface area contributed by atoms with Crippen molar-refractivity contribution < 1.29 is 0 Å². The predicted molar refractivity (Wildman–Crippen MR) is 65.9 cm³/mol. The minimum atomic E-state index is 0.726. The molecule has 1 aromatic heterocycles. The number of thiophene rings is 1. The molecule has 0 spiro atoms. The summed E-state index contributed by atoms with van der Waals surface area (Å²) in [6.07, 6.45) is 2.07. The van der Waals surface area contributed by atoms with Crippen LogP contribution in [0, 0.1) is 0 Å². The highest BCUT2D eigenvalue weighted by molar-refractivity contribution is 7.99. The SMILES string of the molecule is CSc1csc2cc(S)c(Cl)cc12. The van der Waals surface area contributed by atoms with Crippen molar-refractivity contribution in [3.63, 3.8) is 0 Å². The third kappa shape index (κ3) is 1.71. The van der Waals surface area contributed by atoms with Crippen molar-refractivity contribution in [2.45, 2.75) is 9.79 Å². The van der Waals surface area contributed by atoms with Crippen LogP contribution < -0.4 is 0 Å². The molecule has 0 atom stereocenters. The van der Waals surface area contributed by atoms with E-state index >= 15 is 0 Å². The van der Waals surface area contributed by atoms with Gasteiger partial charge in [-0.3, -0.25) is 0 Å². The topological polar surface area (TPSA) is 0 Å². The normalized spacial score (nSPS) is 11.0. The summed E-state index contributed by atoms with van der Waals surface area (Å²) >= 11 is 13.8. The van der Waals surface area contributed by atoms with Crippen LogP contribution in [-0.2, 0) is 0 Å². The van der Waals surface area contributed by atoms with Crippen molar-refractivity contribution >= 4 is 57.4 Å². The first-order valence-corrected chi connectivity index (χ1v) is 6.59. The van der Waals surface area contributed by atoms with E-state index in [-0.39, 0.29) is 0 Å². The molecule has 0 fully saturated rings. The lowest BCUT2D eigenvalue weighted by Gasteiger charge is -1.98. The van der Waals surface area contributed by atoms with Crippen LogP contribution in [0.2, 0.25) is 5.02 Å². The van der Waals surface area contributed by atoms with Crippen molar-refractivity contribution in [1.29, 1.82) is 0 Å². The average molecular weight is 247 g/mol. The highest BCUT2D eigenvalue weighted by Gasteiger charge is 2.05. The molecule has 0 N–H and O–H groups in total. The van der Waals surface area contributed by atoms with Crippen LogP contribution in [0.5, 0.6) is 0 Å². The average Bonchev–Trinajstić information content (AvgIpc) is 2.48. The highest BCUT2D eigenvalue weighted by Crippen LogP contribution is 2.36. The molecule has 0 amide bonds. The van der Waals surface area contributed by atoms with Crippen LogP contribution >= 0.6 is 47.3 Å². The van der Waals surface area contributed by atoms with Gasteiger partial charge in [0.05, 0.1) is 5.02 Å². The molecule has 4 heteroatoms. The summed E-state index contributed by atoms with van der Waals surface area (Å²) in [6.45, 7) is 0. The molecular weight excluding hydrogens is 240 g/mol. The molecule has 0 saturated heterocycles. The number of hydrogen-bond donors (Lipinski definition) is 1. The molecule has 0 bridgehead atoms. The number of halogens is 1. The Morgan fingerprint density at radius 2 is 2.23 bits per heavy atom. The number of hydrogen-bond acceptors (Lipinski definition) is 3. The monoisotopic (exact) mass is 246 g/mol. The number of fused-ring (bicyclic) bond motifs is 1. The molecule has 1 heterocycles. The number of benzene rings is 1. The Morgan fingerprint density at radius 1 is 1.46 bits per heavy atom. The van der Waals surface area contributed by atoms with Crippen molar-refractivity contribution in [1.82, 2.24) is 0 Å². The number of rotatable bonds is 1.